The molecule has 0 radical (unpaired) electrons. The minimum absolute atomic E-state index is 0. The van der Waals surface area contributed by atoms with Crippen molar-refractivity contribution >= 4 is 29.2 Å². The van der Waals surface area contributed by atoms with Gasteiger partial charge in [0.15, 0.2) is 11.4 Å². The van der Waals surface area contributed by atoms with Gasteiger partial charge in [0.25, 0.3) is 0 Å². The van der Waals surface area contributed by atoms with Gasteiger partial charge in [0.05, 0.1) is 5.39 Å². The molecule has 0 amide bonds. The van der Waals surface area contributed by atoms with E-state index in [1.807, 2.05) is 0 Å². The summed E-state index contributed by atoms with van der Waals surface area (Å²) in [6, 6.07) is 6.72. The fourth-order valence-corrected chi connectivity index (χ4v) is 4.17. The monoisotopic (exact) mass is 321 g/mol. The first kappa shape index (κ1) is 15.6. The smallest absolute Gasteiger partial charge is 0.177 e. The zero-order valence-electron chi connectivity index (χ0n) is 13.4. The van der Waals surface area contributed by atoms with Gasteiger partial charge in [-0.1, -0.05) is 11.2 Å². The molecule has 1 N–H and O–H groups in total. The third-order valence-corrected chi connectivity index (χ3v) is 5.51. The Morgan fingerprint density at radius 2 is 2.00 bits per heavy atom. The van der Waals surface area contributed by atoms with Gasteiger partial charge in [-0.25, -0.2) is 0 Å². The van der Waals surface area contributed by atoms with E-state index in [1.54, 1.807) is 0 Å². The Labute approximate surface area is 137 Å². The summed E-state index contributed by atoms with van der Waals surface area (Å²) in [6.07, 6.45) is 2.58. The first-order valence-electron chi connectivity index (χ1n) is 7.93. The molecular weight excluding hydrogens is 298 g/mol. The van der Waals surface area contributed by atoms with Gasteiger partial charge < -0.3 is 9.84 Å². The molecule has 1 aromatic heterocycles. The normalized spacial score (nSPS) is 29.3. The number of hydrogen-bond acceptors (Lipinski definition) is 4. The minimum Gasteiger partial charge on any atom is -0.362 e. The van der Waals surface area contributed by atoms with Gasteiger partial charge in [-0.15, -0.1) is 12.4 Å². The van der Waals surface area contributed by atoms with Gasteiger partial charge in [-0.2, -0.15) is 0 Å². The number of rotatable bonds is 2. The second-order valence-corrected chi connectivity index (χ2v) is 7.13. The van der Waals surface area contributed by atoms with Gasteiger partial charge in [0, 0.05) is 11.6 Å². The van der Waals surface area contributed by atoms with Crippen molar-refractivity contribution in [2.45, 2.75) is 45.2 Å². The summed E-state index contributed by atoms with van der Waals surface area (Å²) in [5.41, 5.74) is 2.25. The first-order chi connectivity index (χ1) is 10.1. The average Bonchev–Trinajstić information content (AvgIpc) is 2.85. The second kappa shape index (κ2) is 5.43. The predicted molar refractivity (Wildman–Crippen MR) is 91.8 cm³/mol. The summed E-state index contributed by atoms with van der Waals surface area (Å²) >= 11 is 0. The molecule has 5 heteroatoms. The van der Waals surface area contributed by atoms with Crippen LogP contribution in [-0.4, -0.2) is 34.7 Å². The van der Waals surface area contributed by atoms with E-state index in [-0.39, 0.29) is 17.9 Å². The highest BCUT2D eigenvalue weighted by atomic mass is 35.5. The zero-order valence-corrected chi connectivity index (χ0v) is 14.2. The predicted octanol–water partition coefficient (Wildman–Crippen LogP) is 3.84. The van der Waals surface area contributed by atoms with E-state index < -0.39 is 0 Å². The van der Waals surface area contributed by atoms with Gasteiger partial charge in [0.2, 0.25) is 0 Å². The standard InChI is InChI=1S/C17H23N3O.ClH/c1-11-4-5-13-14(10-11)21-19-16(13)18-15-12-6-8-20(9-7-12)17(15,2)3;/h4-5,10,12,15H,6-9H2,1-3H3,(H,18,19);1H. The number of halogens is 1. The van der Waals surface area contributed by atoms with E-state index in [0.29, 0.717) is 6.04 Å². The number of benzene rings is 1. The molecule has 22 heavy (non-hydrogen) atoms. The minimum atomic E-state index is 0. The molecule has 1 atom stereocenters. The lowest BCUT2D eigenvalue weighted by Gasteiger charge is -2.56. The molecule has 120 valence electrons. The van der Waals surface area contributed by atoms with Crippen LogP contribution >= 0.6 is 12.4 Å². The van der Waals surface area contributed by atoms with E-state index in [1.165, 1.54) is 31.5 Å². The summed E-state index contributed by atoms with van der Waals surface area (Å²) in [5, 5.41) is 9.06. The maximum absolute atomic E-state index is 5.49. The topological polar surface area (TPSA) is 41.3 Å². The summed E-state index contributed by atoms with van der Waals surface area (Å²) in [5.74, 6) is 1.64. The molecular formula is C17H24ClN3O. The van der Waals surface area contributed by atoms with Crippen LogP contribution in [0, 0.1) is 12.8 Å². The van der Waals surface area contributed by atoms with Crippen molar-refractivity contribution < 1.29 is 4.52 Å². The molecule has 3 aliphatic heterocycles. The number of fused-ring (bicyclic) bond motifs is 4. The molecule has 1 aromatic carbocycles. The summed E-state index contributed by atoms with van der Waals surface area (Å²) in [4.78, 5) is 2.61. The number of hydrogen-bond donors (Lipinski definition) is 1. The number of aryl methyl sites for hydroxylation is 1. The van der Waals surface area contributed by atoms with Crippen LogP contribution in [0.25, 0.3) is 11.0 Å². The van der Waals surface area contributed by atoms with Crippen LogP contribution in [0.1, 0.15) is 32.3 Å². The molecule has 4 nitrogen and oxygen atoms in total. The lowest BCUT2D eigenvalue weighted by molar-refractivity contribution is -0.0189. The summed E-state index contributed by atoms with van der Waals surface area (Å²) < 4.78 is 5.49. The number of piperidine rings is 3. The molecule has 3 saturated heterocycles. The molecule has 5 rings (SSSR count). The average molecular weight is 322 g/mol. The molecule has 1 unspecified atom stereocenters. The van der Waals surface area contributed by atoms with Crippen LogP contribution in [-0.2, 0) is 0 Å². The van der Waals surface area contributed by atoms with Crippen LogP contribution in [0.5, 0.6) is 0 Å². The van der Waals surface area contributed by atoms with Crippen LogP contribution in [0.4, 0.5) is 5.82 Å². The molecule has 3 aliphatic rings. The molecule has 0 spiro atoms. The van der Waals surface area contributed by atoms with Crippen molar-refractivity contribution in [2.24, 2.45) is 5.92 Å². The Morgan fingerprint density at radius 1 is 1.27 bits per heavy atom. The van der Waals surface area contributed by atoms with E-state index in [0.717, 1.165) is 22.7 Å². The lowest BCUT2D eigenvalue weighted by atomic mass is 9.72. The Morgan fingerprint density at radius 3 is 2.68 bits per heavy atom. The van der Waals surface area contributed by atoms with Crippen molar-refractivity contribution in [3.05, 3.63) is 23.8 Å². The fourth-order valence-electron chi connectivity index (χ4n) is 4.17. The van der Waals surface area contributed by atoms with Crippen molar-refractivity contribution in [1.29, 1.82) is 0 Å². The highest BCUT2D eigenvalue weighted by molar-refractivity contribution is 5.88. The van der Waals surface area contributed by atoms with E-state index in [9.17, 15) is 0 Å². The SMILES string of the molecule is Cc1ccc2c(NC3C4CCN(CC4)C3(C)C)noc2c1.Cl. The molecule has 0 aliphatic carbocycles. The Hall–Kier alpha value is -1.26. The lowest BCUT2D eigenvalue weighted by Crippen LogP contribution is -2.66. The summed E-state index contributed by atoms with van der Waals surface area (Å²) in [7, 11) is 0. The summed E-state index contributed by atoms with van der Waals surface area (Å²) in [6.45, 7) is 9.24. The third kappa shape index (κ3) is 2.29. The molecule has 4 heterocycles. The molecule has 0 saturated carbocycles. The molecule has 3 fully saturated rings. The third-order valence-electron chi connectivity index (χ3n) is 5.51. The van der Waals surface area contributed by atoms with Crippen molar-refractivity contribution in [3.63, 3.8) is 0 Å². The highest BCUT2D eigenvalue weighted by Gasteiger charge is 2.47. The van der Waals surface area contributed by atoms with Gasteiger partial charge in [-0.05, 0) is 70.3 Å². The van der Waals surface area contributed by atoms with E-state index in [4.69, 9.17) is 4.52 Å². The van der Waals surface area contributed by atoms with Crippen LogP contribution in [0.15, 0.2) is 22.7 Å². The Bertz CT molecular complexity index is 674. The number of nitrogens with one attached hydrogen (secondary N) is 1. The van der Waals surface area contributed by atoms with Crippen LogP contribution in [0.3, 0.4) is 0 Å². The number of aromatic nitrogens is 1. The van der Waals surface area contributed by atoms with Crippen LogP contribution < -0.4 is 5.32 Å². The van der Waals surface area contributed by atoms with Crippen molar-refractivity contribution in [2.75, 3.05) is 18.4 Å². The fraction of sp³-hybridized carbons (Fsp3) is 0.588. The molecule has 2 bridgehead atoms. The zero-order chi connectivity index (χ0) is 14.6. The van der Waals surface area contributed by atoms with Crippen molar-refractivity contribution in [1.82, 2.24) is 10.1 Å². The van der Waals surface area contributed by atoms with Crippen LogP contribution in [0.2, 0.25) is 0 Å². The Kier molecular flexibility index (Phi) is 3.86. The highest BCUT2D eigenvalue weighted by Crippen LogP contribution is 2.41. The largest absolute Gasteiger partial charge is 0.362 e. The molecule has 2 aromatic rings. The Balaban J connectivity index is 0.00000144. The van der Waals surface area contributed by atoms with Gasteiger partial charge in [-0.3, -0.25) is 4.90 Å². The second-order valence-electron chi connectivity index (χ2n) is 7.13. The van der Waals surface area contributed by atoms with E-state index >= 15 is 0 Å². The van der Waals surface area contributed by atoms with Gasteiger partial charge in [0.1, 0.15) is 0 Å². The maximum Gasteiger partial charge on any atom is 0.177 e. The quantitative estimate of drug-likeness (QED) is 0.912. The van der Waals surface area contributed by atoms with Gasteiger partial charge >= 0.3 is 0 Å². The number of nitrogens with zero attached hydrogens (tertiary/aromatic N) is 2. The maximum atomic E-state index is 5.49. The number of anilines is 1. The van der Waals surface area contributed by atoms with Crippen molar-refractivity contribution in [3.8, 4) is 0 Å². The first-order valence-corrected chi connectivity index (χ1v) is 7.93. The van der Waals surface area contributed by atoms with E-state index in [2.05, 4.69) is 54.3 Å².